The molecule has 2 aromatic carbocycles. The predicted octanol–water partition coefficient (Wildman–Crippen LogP) is 4.96. The lowest BCUT2D eigenvalue weighted by Crippen LogP contribution is -2.19. The third kappa shape index (κ3) is 5.05. The van der Waals surface area contributed by atoms with E-state index in [0.29, 0.717) is 16.7 Å². The summed E-state index contributed by atoms with van der Waals surface area (Å²) >= 11 is 11.3. The molecule has 0 aliphatic heterocycles. The van der Waals surface area contributed by atoms with Crippen LogP contribution in [0.25, 0.3) is 0 Å². The predicted molar refractivity (Wildman–Crippen MR) is 108 cm³/mol. The van der Waals surface area contributed by atoms with E-state index in [9.17, 15) is 0 Å². The van der Waals surface area contributed by atoms with Crippen molar-refractivity contribution in [3.8, 4) is 0 Å². The molecule has 0 aliphatic rings. The Morgan fingerprint density at radius 1 is 1.08 bits per heavy atom. The summed E-state index contributed by atoms with van der Waals surface area (Å²) in [7, 11) is 0. The van der Waals surface area contributed by atoms with Crippen molar-refractivity contribution in [1.82, 2.24) is 9.78 Å². The fourth-order valence-corrected chi connectivity index (χ4v) is 2.87. The Hall–Kier alpha value is -2.37. The number of thiocarbonyl (C=S) groups is 1. The van der Waals surface area contributed by atoms with Crippen LogP contribution in [0.1, 0.15) is 18.1 Å². The molecule has 0 aliphatic carbocycles. The van der Waals surface area contributed by atoms with Crippen molar-refractivity contribution < 1.29 is 0 Å². The molecule has 0 saturated carbocycles. The number of hydrogen-bond donors (Lipinski definition) is 2. The Labute approximate surface area is 157 Å². The number of hydrogen-bond acceptors (Lipinski definition) is 2. The molecule has 0 saturated heterocycles. The summed E-state index contributed by atoms with van der Waals surface area (Å²) in [6.07, 6.45) is 4.46. The number of halogens is 1. The molecular formula is C19H19ClN4S. The van der Waals surface area contributed by atoms with Gasteiger partial charge in [0.2, 0.25) is 0 Å². The first-order valence-corrected chi connectivity index (χ1v) is 8.85. The molecule has 3 rings (SSSR count). The lowest BCUT2D eigenvalue weighted by Gasteiger charge is -2.12. The highest BCUT2D eigenvalue weighted by Gasteiger charge is 2.02. The highest BCUT2D eigenvalue weighted by Crippen LogP contribution is 2.15. The molecule has 0 spiro atoms. The van der Waals surface area contributed by atoms with Crippen molar-refractivity contribution in [2.24, 2.45) is 0 Å². The average molecular weight is 371 g/mol. The maximum Gasteiger partial charge on any atom is 0.175 e. The summed E-state index contributed by atoms with van der Waals surface area (Å²) in [5.41, 5.74) is 4.31. The summed E-state index contributed by atoms with van der Waals surface area (Å²) in [6, 6.07) is 16.3. The summed E-state index contributed by atoms with van der Waals surface area (Å²) in [4.78, 5) is 0. The van der Waals surface area contributed by atoms with Crippen molar-refractivity contribution in [3.05, 3.63) is 77.1 Å². The van der Waals surface area contributed by atoms with Crippen LogP contribution >= 0.6 is 23.8 Å². The molecule has 0 amide bonds. The third-order valence-electron chi connectivity index (χ3n) is 3.75. The Balaban J connectivity index is 1.61. The van der Waals surface area contributed by atoms with Crippen LogP contribution in [0.5, 0.6) is 0 Å². The van der Waals surface area contributed by atoms with Gasteiger partial charge in [-0.2, -0.15) is 5.10 Å². The second kappa shape index (κ2) is 8.14. The second-order valence-electron chi connectivity index (χ2n) is 5.69. The summed E-state index contributed by atoms with van der Waals surface area (Å²) < 4.78 is 1.80. The largest absolute Gasteiger partial charge is 0.332 e. The number of rotatable bonds is 5. The summed E-state index contributed by atoms with van der Waals surface area (Å²) in [5, 5.41) is 11.8. The van der Waals surface area contributed by atoms with E-state index < -0.39 is 0 Å². The summed E-state index contributed by atoms with van der Waals surface area (Å²) in [5.74, 6) is 0. The fraction of sp³-hybridized carbons (Fsp3) is 0.158. The van der Waals surface area contributed by atoms with E-state index >= 15 is 0 Å². The van der Waals surface area contributed by atoms with Crippen LogP contribution in [-0.2, 0) is 13.0 Å². The minimum absolute atomic E-state index is 0.559. The third-order valence-corrected chi connectivity index (χ3v) is 4.15. The van der Waals surface area contributed by atoms with E-state index in [-0.39, 0.29) is 0 Å². The Bertz CT molecular complexity index is 858. The molecule has 128 valence electrons. The van der Waals surface area contributed by atoms with Gasteiger partial charge in [-0.1, -0.05) is 42.8 Å². The molecular weight excluding hydrogens is 352 g/mol. The number of benzene rings is 2. The SMILES string of the molecule is CCc1ccc(NC(=S)Nc2cccc(Cn3cc(Cl)cn3)c2)cc1. The van der Waals surface area contributed by atoms with Gasteiger partial charge in [0.1, 0.15) is 0 Å². The van der Waals surface area contributed by atoms with Crippen molar-refractivity contribution in [2.45, 2.75) is 19.9 Å². The van der Waals surface area contributed by atoms with Gasteiger partial charge < -0.3 is 10.6 Å². The average Bonchev–Trinajstić information content (AvgIpc) is 3.00. The van der Waals surface area contributed by atoms with Gasteiger partial charge in [-0.25, -0.2) is 0 Å². The molecule has 0 fully saturated rings. The molecule has 3 aromatic rings. The maximum atomic E-state index is 5.90. The van der Waals surface area contributed by atoms with Crippen LogP contribution in [-0.4, -0.2) is 14.9 Å². The van der Waals surface area contributed by atoms with E-state index in [2.05, 4.69) is 34.8 Å². The van der Waals surface area contributed by atoms with Crippen LogP contribution in [0.15, 0.2) is 60.9 Å². The van der Waals surface area contributed by atoms with Crippen LogP contribution < -0.4 is 10.6 Å². The van der Waals surface area contributed by atoms with Crippen molar-refractivity contribution in [1.29, 1.82) is 0 Å². The van der Waals surface area contributed by atoms with Gasteiger partial charge in [-0.05, 0) is 54.0 Å². The monoisotopic (exact) mass is 370 g/mol. The lowest BCUT2D eigenvalue weighted by atomic mass is 10.1. The Morgan fingerprint density at radius 3 is 2.52 bits per heavy atom. The van der Waals surface area contributed by atoms with Gasteiger partial charge in [-0.15, -0.1) is 0 Å². The van der Waals surface area contributed by atoms with Gasteiger partial charge >= 0.3 is 0 Å². The molecule has 0 atom stereocenters. The van der Waals surface area contributed by atoms with Gasteiger partial charge in [0.15, 0.2) is 5.11 Å². The van der Waals surface area contributed by atoms with E-state index in [1.807, 2.05) is 36.4 Å². The van der Waals surface area contributed by atoms with Crippen molar-refractivity contribution in [3.63, 3.8) is 0 Å². The first-order valence-electron chi connectivity index (χ1n) is 8.06. The first kappa shape index (κ1) is 17.5. The highest BCUT2D eigenvalue weighted by atomic mass is 35.5. The quantitative estimate of drug-likeness (QED) is 0.623. The molecule has 6 heteroatoms. The molecule has 0 radical (unpaired) electrons. The maximum absolute atomic E-state index is 5.90. The molecule has 25 heavy (non-hydrogen) atoms. The number of nitrogens with zero attached hydrogens (tertiary/aromatic N) is 2. The van der Waals surface area contributed by atoms with Crippen LogP contribution in [0.3, 0.4) is 0 Å². The van der Waals surface area contributed by atoms with Crippen LogP contribution in [0, 0.1) is 0 Å². The standard InChI is InChI=1S/C19H19ClN4S/c1-2-14-6-8-17(9-7-14)22-19(25)23-18-5-3-4-15(10-18)12-24-13-16(20)11-21-24/h3-11,13H,2,12H2,1H3,(H2,22,23,25). The minimum Gasteiger partial charge on any atom is -0.332 e. The zero-order chi connectivity index (χ0) is 17.6. The molecule has 2 N–H and O–H groups in total. The normalized spacial score (nSPS) is 10.5. The van der Waals surface area contributed by atoms with E-state index in [1.165, 1.54) is 5.56 Å². The number of aryl methyl sites for hydroxylation is 1. The Morgan fingerprint density at radius 2 is 1.84 bits per heavy atom. The van der Waals surface area contributed by atoms with E-state index in [0.717, 1.165) is 23.4 Å². The highest BCUT2D eigenvalue weighted by molar-refractivity contribution is 7.80. The first-order chi connectivity index (χ1) is 12.1. The van der Waals surface area contributed by atoms with Crippen molar-refractivity contribution >= 4 is 40.3 Å². The van der Waals surface area contributed by atoms with Gasteiger partial charge in [0, 0.05) is 17.6 Å². The number of nitrogens with one attached hydrogen (secondary N) is 2. The smallest absolute Gasteiger partial charge is 0.175 e. The number of anilines is 2. The zero-order valence-corrected chi connectivity index (χ0v) is 15.4. The van der Waals surface area contributed by atoms with Gasteiger partial charge in [-0.3, -0.25) is 4.68 Å². The van der Waals surface area contributed by atoms with Gasteiger partial charge in [0.05, 0.1) is 17.8 Å². The Kier molecular flexibility index (Phi) is 5.68. The molecule has 4 nitrogen and oxygen atoms in total. The molecule has 1 heterocycles. The molecule has 0 bridgehead atoms. The second-order valence-corrected chi connectivity index (χ2v) is 6.53. The van der Waals surface area contributed by atoms with Crippen molar-refractivity contribution in [2.75, 3.05) is 10.6 Å². The van der Waals surface area contributed by atoms with Crippen LogP contribution in [0.4, 0.5) is 11.4 Å². The summed E-state index contributed by atoms with van der Waals surface area (Å²) in [6.45, 7) is 2.79. The van der Waals surface area contributed by atoms with E-state index in [1.54, 1.807) is 17.1 Å². The zero-order valence-electron chi connectivity index (χ0n) is 13.9. The topological polar surface area (TPSA) is 41.9 Å². The number of aromatic nitrogens is 2. The van der Waals surface area contributed by atoms with E-state index in [4.69, 9.17) is 23.8 Å². The molecule has 1 aromatic heterocycles. The fourth-order valence-electron chi connectivity index (χ4n) is 2.48. The van der Waals surface area contributed by atoms with Crippen LogP contribution in [0.2, 0.25) is 5.02 Å². The lowest BCUT2D eigenvalue weighted by molar-refractivity contribution is 0.687. The molecule has 0 unspecified atom stereocenters. The minimum atomic E-state index is 0.559. The van der Waals surface area contributed by atoms with Gasteiger partial charge in [0.25, 0.3) is 0 Å².